The topological polar surface area (TPSA) is 33.6 Å². The first-order chi connectivity index (χ1) is 6.40. The zero-order valence-electron chi connectivity index (χ0n) is 7.53. The van der Waals surface area contributed by atoms with Crippen LogP contribution in [0.15, 0.2) is 35.3 Å². The van der Waals surface area contributed by atoms with E-state index in [9.17, 15) is 0 Å². The van der Waals surface area contributed by atoms with Crippen LogP contribution in [0.1, 0.15) is 18.1 Å². The second kappa shape index (κ2) is 3.58. The van der Waals surface area contributed by atoms with Crippen molar-refractivity contribution >= 4 is 5.84 Å². The van der Waals surface area contributed by atoms with Gasteiger partial charge in [-0.1, -0.05) is 30.3 Å². The normalized spacial score (nSPS) is 24.7. The number of nitrogens with zero attached hydrogens (tertiary/aromatic N) is 1. The average molecular weight is 176 g/mol. The highest BCUT2D eigenvalue weighted by atomic mass is 16.7. The highest BCUT2D eigenvalue weighted by Gasteiger charge is 2.21. The van der Waals surface area contributed by atoms with Crippen molar-refractivity contribution in [3.8, 4) is 0 Å². The maximum atomic E-state index is 5.36. The molecule has 1 aromatic rings. The quantitative estimate of drug-likeness (QED) is 0.706. The molecule has 1 fully saturated rings. The molecule has 3 nitrogen and oxygen atoms in total. The molecule has 0 bridgehead atoms. The summed E-state index contributed by atoms with van der Waals surface area (Å²) in [6.07, 6.45) is 0.945. The van der Waals surface area contributed by atoms with Crippen LogP contribution in [0.5, 0.6) is 0 Å². The number of hydroxylamine groups is 1. The fourth-order valence-electron chi connectivity index (χ4n) is 1.39. The van der Waals surface area contributed by atoms with E-state index in [0.29, 0.717) is 0 Å². The summed E-state index contributed by atoms with van der Waals surface area (Å²) >= 11 is 0. The van der Waals surface area contributed by atoms with E-state index in [4.69, 9.17) is 4.84 Å². The Bertz CT molecular complexity index is 308. The van der Waals surface area contributed by atoms with Gasteiger partial charge in [0.2, 0.25) is 0 Å². The van der Waals surface area contributed by atoms with Crippen molar-refractivity contribution in [3.05, 3.63) is 35.9 Å². The Morgan fingerprint density at radius 3 is 2.77 bits per heavy atom. The van der Waals surface area contributed by atoms with Crippen LogP contribution in [0, 0.1) is 0 Å². The lowest BCUT2D eigenvalue weighted by Crippen LogP contribution is -2.11. The van der Waals surface area contributed by atoms with E-state index in [1.165, 1.54) is 5.56 Å². The van der Waals surface area contributed by atoms with E-state index in [1.807, 2.05) is 18.2 Å². The van der Waals surface area contributed by atoms with E-state index in [2.05, 4.69) is 22.6 Å². The molecule has 1 atom stereocenters. The van der Waals surface area contributed by atoms with Gasteiger partial charge in [-0.15, -0.1) is 0 Å². The molecule has 0 radical (unpaired) electrons. The first-order valence-electron chi connectivity index (χ1n) is 4.32. The van der Waals surface area contributed by atoms with Gasteiger partial charge in [-0.25, -0.2) is 0 Å². The van der Waals surface area contributed by atoms with Gasteiger partial charge in [-0.3, -0.25) is 15.3 Å². The zero-order valence-corrected chi connectivity index (χ0v) is 7.53. The molecular weight excluding hydrogens is 164 g/mol. The third-order valence-electron chi connectivity index (χ3n) is 2.14. The fourth-order valence-corrected chi connectivity index (χ4v) is 1.39. The predicted octanol–water partition coefficient (Wildman–Crippen LogP) is 1.68. The molecule has 68 valence electrons. The summed E-state index contributed by atoms with van der Waals surface area (Å²) in [7, 11) is 1.76. The molecule has 0 aromatic heterocycles. The number of nitrogens with one attached hydrogen (secondary N) is 1. The average Bonchev–Trinajstić information content (AvgIpc) is 2.67. The summed E-state index contributed by atoms with van der Waals surface area (Å²) < 4.78 is 0. The molecule has 1 aliphatic heterocycles. The molecule has 0 aliphatic carbocycles. The van der Waals surface area contributed by atoms with Gasteiger partial charge < -0.3 is 0 Å². The smallest absolute Gasteiger partial charge is 0.123 e. The summed E-state index contributed by atoms with van der Waals surface area (Å²) in [4.78, 5) is 9.41. The number of hydrogen-bond donors (Lipinski definition) is 1. The fraction of sp³-hybridized carbons (Fsp3) is 0.300. The lowest BCUT2D eigenvalue weighted by molar-refractivity contribution is 0.0448. The standard InChI is InChI=1S/C10H12N2O/c1-11-10-7-9(13-12-10)8-5-3-2-4-6-8/h2-6,9H,7H2,1H3,(H,11,12). The lowest BCUT2D eigenvalue weighted by atomic mass is 10.1. The molecule has 1 heterocycles. The highest BCUT2D eigenvalue weighted by molar-refractivity contribution is 5.83. The van der Waals surface area contributed by atoms with E-state index >= 15 is 0 Å². The first kappa shape index (κ1) is 8.26. The number of hydrogen-bond acceptors (Lipinski definition) is 2. The predicted molar refractivity (Wildman–Crippen MR) is 51.4 cm³/mol. The Labute approximate surface area is 77.4 Å². The van der Waals surface area contributed by atoms with Gasteiger partial charge in [0.05, 0.1) is 0 Å². The largest absolute Gasteiger partial charge is 0.274 e. The van der Waals surface area contributed by atoms with Crippen LogP contribution in [0.2, 0.25) is 0 Å². The van der Waals surface area contributed by atoms with Crippen LogP contribution in [-0.2, 0) is 4.84 Å². The molecule has 0 amide bonds. The summed E-state index contributed by atoms with van der Waals surface area (Å²) in [5.74, 6) is 0.911. The zero-order chi connectivity index (χ0) is 9.10. The molecule has 3 heteroatoms. The summed E-state index contributed by atoms with van der Waals surface area (Å²) in [6, 6.07) is 10.1. The van der Waals surface area contributed by atoms with E-state index in [1.54, 1.807) is 7.05 Å². The Morgan fingerprint density at radius 1 is 1.38 bits per heavy atom. The van der Waals surface area contributed by atoms with Gasteiger partial charge in [0.15, 0.2) is 0 Å². The Morgan fingerprint density at radius 2 is 2.15 bits per heavy atom. The Balaban J connectivity index is 2.13. The van der Waals surface area contributed by atoms with Crippen molar-refractivity contribution in [2.75, 3.05) is 7.05 Å². The minimum Gasteiger partial charge on any atom is -0.274 e. The second-order valence-corrected chi connectivity index (χ2v) is 2.99. The number of aliphatic imine (C=N–C) groups is 1. The Kier molecular flexibility index (Phi) is 2.27. The van der Waals surface area contributed by atoms with Crippen LogP contribution < -0.4 is 5.48 Å². The number of rotatable bonds is 1. The lowest BCUT2D eigenvalue weighted by Gasteiger charge is -2.05. The van der Waals surface area contributed by atoms with Gasteiger partial charge in [-0.05, 0) is 5.56 Å². The SMILES string of the molecule is CN=C1CC(c2ccccc2)ON1. The van der Waals surface area contributed by atoms with Crippen LogP contribution in [0.4, 0.5) is 0 Å². The molecule has 1 saturated heterocycles. The van der Waals surface area contributed by atoms with E-state index in [0.717, 1.165) is 12.3 Å². The molecule has 1 aromatic carbocycles. The first-order valence-corrected chi connectivity index (χ1v) is 4.32. The van der Waals surface area contributed by atoms with Crippen molar-refractivity contribution in [1.29, 1.82) is 0 Å². The Hall–Kier alpha value is -1.35. The molecule has 0 saturated carbocycles. The van der Waals surface area contributed by atoms with Crippen molar-refractivity contribution < 1.29 is 4.84 Å². The molecule has 13 heavy (non-hydrogen) atoms. The molecular formula is C10H12N2O. The minimum atomic E-state index is 0.111. The molecule has 2 rings (SSSR count). The van der Waals surface area contributed by atoms with Crippen LogP contribution in [-0.4, -0.2) is 12.9 Å². The summed E-state index contributed by atoms with van der Waals surface area (Å²) in [5.41, 5.74) is 3.99. The van der Waals surface area contributed by atoms with Crippen LogP contribution in [0.25, 0.3) is 0 Å². The molecule has 1 N–H and O–H groups in total. The monoisotopic (exact) mass is 176 g/mol. The summed E-state index contributed by atoms with van der Waals surface area (Å²) in [5, 5.41) is 0. The maximum absolute atomic E-state index is 5.36. The minimum absolute atomic E-state index is 0.111. The summed E-state index contributed by atoms with van der Waals surface area (Å²) in [6.45, 7) is 0. The van der Waals surface area contributed by atoms with Crippen molar-refractivity contribution in [3.63, 3.8) is 0 Å². The van der Waals surface area contributed by atoms with Crippen molar-refractivity contribution in [2.24, 2.45) is 4.99 Å². The van der Waals surface area contributed by atoms with Gasteiger partial charge in [0, 0.05) is 13.5 Å². The third-order valence-corrected chi connectivity index (χ3v) is 2.14. The van der Waals surface area contributed by atoms with Gasteiger partial charge in [-0.2, -0.15) is 0 Å². The van der Waals surface area contributed by atoms with Crippen LogP contribution in [0.3, 0.4) is 0 Å². The van der Waals surface area contributed by atoms with Gasteiger partial charge in [0.1, 0.15) is 11.9 Å². The van der Waals surface area contributed by atoms with Gasteiger partial charge >= 0.3 is 0 Å². The second-order valence-electron chi connectivity index (χ2n) is 2.99. The van der Waals surface area contributed by atoms with Crippen molar-refractivity contribution in [2.45, 2.75) is 12.5 Å². The molecule has 1 unspecified atom stereocenters. The highest BCUT2D eigenvalue weighted by Crippen LogP contribution is 2.23. The van der Waals surface area contributed by atoms with E-state index < -0.39 is 0 Å². The maximum Gasteiger partial charge on any atom is 0.123 e. The third kappa shape index (κ3) is 1.70. The van der Waals surface area contributed by atoms with Crippen molar-refractivity contribution in [1.82, 2.24) is 5.48 Å². The molecule has 0 spiro atoms. The van der Waals surface area contributed by atoms with Gasteiger partial charge in [0.25, 0.3) is 0 Å². The van der Waals surface area contributed by atoms with Crippen LogP contribution >= 0.6 is 0 Å². The van der Waals surface area contributed by atoms with E-state index in [-0.39, 0.29) is 6.10 Å². The molecule has 1 aliphatic rings. The number of benzene rings is 1. The number of amidine groups is 1.